The second-order valence-corrected chi connectivity index (χ2v) is 5.69. The summed E-state index contributed by atoms with van der Waals surface area (Å²) in [5.41, 5.74) is 2.19. The first-order valence-electron chi connectivity index (χ1n) is 8.26. The van der Waals surface area contributed by atoms with Crippen molar-refractivity contribution in [3.8, 4) is 0 Å². The molecule has 1 amide bonds. The Kier molecular flexibility index (Phi) is 5.12. The maximum Gasteiger partial charge on any atom is 0.415 e. The normalized spacial score (nSPS) is 15.7. The summed E-state index contributed by atoms with van der Waals surface area (Å²) >= 11 is 0. The molecular weight excluding hydrogens is 332 g/mol. The molecule has 6 nitrogen and oxygen atoms in total. The molecule has 6 heteroatoms. The number of ether oxygens (including phenoxy) is 1. The fourth-order valence-electron chi connectivity index (χ4n) is 2.79. The van der Waals surface area contributed by atoms with Crippen LogP contribution < -0.4 is 4.90 Å². The zero-order chi connectivity index (χ0) is 18.5. The number of nitrogens with zero attached hydrogens (tertiary/aromatic N) is 2. The Balaban J connectivity index is 1.97. The minimum atomic E-state index is -0.491. The van der Waals surface area contributed by atoms with Gasteiger partial charge < -0.3 is 4.74 Å². The third-order valence-corrected chi connectivity index (χ3v) is 4.00. The molecule has 0 aliphatic carbocycles. The number of anilines is 1. The van der Waals surface area contributed by atoms with Crippen molar-refractivity contribution in [2.45, 2.75) is 13.0 Å². The van der Waals surface area contributed by atoms with Gasteiger partial charge in [0.15, 0.2) is 0 Å². The summed E-state index contributed by atoms with van der Waals surface area (Å²) in [7, 11) is 0. The standard InChI is InChI=1S/C20H18N2O4/c1-2-26-20(23)21-17(10-8-15-6-4-3-5-7-15)11-9-16-14-18(22(24)25)12-13-19(16)21/h3-14,17H,2H2,1H3/b10-8+/t17-/m0/s1. The lowest BCUT2D eigenvalue weighted by Crippen LogP contribution is -2.40. The van der Waals surface area contributed by atoms with E-state index in [9.17, 15) is 14.9 Å². The molecule has 1 heterocycles. The molecule has 0 fully saturated rings. The van der Waals surface area contributed by atoms with Crippen molar-refractivity contribution in [2.75, 3.05) is 11.5 Å². The van der Waals surface area contributed by atoms with Crippen molar-refractivity contribution in [3.05, 3.63) is 81.9 Å². The van der Waals surface area contributed by atoms with Crippen LogP contribution in [0.2, 0.25) is 0 Å². The van der Waals surface area contributed by atoms with Crippen molar-refractivity contribution in [2.24, 2.45) is 0 Å². The summed E-state index contributed by atoms with van der Waals surface area (Å²) in [5, 5.41) is 11.0. The number of carbonyl (C=O) groups is 1. The SMILES string of the molecule is CCOC(=O)N1c2ccc([N+](=O)[O-])cc2C=C[C@@H]1/C=C/c1ccccc1. The van der Waals surface area contributed by atoms with Gasteiger partial charge in [0, 0.05) is 17.7 Å². The molecule has 2 aromatic rings. The van der Waals surface area contributed by atoms with E-state index in [-0.39, 0.29) is 18.3 Å². The van der Waals surface area contributed by atoms with Gasteiger partial charge in [0.25, 0.3) is 5.69 Å². The quantitative estimate of drug-likeness (QED) is 0.593. The minimum Gasteiger partial charge on any atom is -0.449 e. The predicted molar refractivity (Wildman–Crippen MR) is 101 cm³/mol. The molecule has 0 N–H and O–H groups in total. The van der Waals surface area contributed by atoms with Crippen molar-refractivity contribution in [1.29, 1.82) is 0 Å². The van der Waals surface area contributed by atoms with Gasteiger partial charge in [-0.3, -0.25) is 15.0 Å². The Morgan fingerprint density at radius 3 is 2.73 bits per heavy atom. The van der Waals surface area contributed by atoms with E-state index in [1.807, 2.05) is 48.6 Å². The van der Waals surface area contributed by atoms with Crippen LogP contribution in [-0.4, -0.2) is 23.7 Å². The molecule has 132 valence electrons. The van der Waals surface area contributed by atoms with Crippen LogP contribution in [0.1, 0.15) is 18.1 Å². The van der Waals surface area contributed by atoms with Crippen molar-refractivity contribution >= 4 is 29.6 Å². The molecule has 0 saturated carbocycles. The second-order valence-electron chi connectivity index (χ2n) is 5.69. The van der Waals surface area contributed by atoms with Crippen LogP contribution in [0.5, 0.6) is 0 Å². The maximum absolute atomic E-state index is 12.5. The van der Waals surface area contributed by atoms with Crippen LogP contribution in [0, 0.1) is 10.1 Å². The van der Waals surface area contributed by atoms with Crippen LogP contribution in [0.25, 0.3) is 12.2 Å². The highest BCUT2D eigenvalue weighted by atomic mass is 16.6. The van der Waals surface area contributed by atoms with Gasteiger partial charge in [0.05, 0.1) is 23.3 Å². The smallest absolute Gasteiger partial charge is 0.415 e. The Labute approximate surface area is 151 Å². The average Bonchev–Trinajstić information content (AvgIpc) is 2.66. The van der Waals surface area contributed by atoms with E-state index in [1.54, 1.807) is 19.1 Å². The Morgan fingerprint density at radius 2 is 2.04 bits per heavy atom. The third-order valence-electron chi connectivity index (χ3n) is 4.00. The van der Waals surface area contributed by atoms with Gasteiger partial charge in [-0.1, -0.05) is 54.6 Å². The van der Waals surface area contributed by atoms with E-state index in [1.165, 1.54) is 17.0 Å². The van der Waals surface area contributed by atoms with Gasteiger partial charge in [0.2, 0.25) is 0 Å². The molecule has 1 aliphatic rings. The molecule has 1 aliphatic heterocycles. The third kappa shape index (κ3) is 3.64. The number of amides is 1. The number of nitro groups is 1. The van der Waals surface area contributed by atoms with E-state index in [0.717, 1.165) is 5.56 Å². The molecular formula is C20H18N2O4. The first-order chi connectivity index (χ1) is 12.6. The van der Waals surface area contributed by atoms with Gasteiger partial charge in [-0.25, -0.2) is 4.79 Å². The van der Waals surface area contributed by atoms with Crippen LogP contribution in [-0.2, 0) is 4.74 Å². The fourth-order valence-corrected chi connectivity index (χ4v) is 2.79. The topological polar surface area (TPSA) is 72.7 Å². The zero-order valence-electron chi connectivity index (χ0n) is 14.2. The van der Waals surface area contributed by atoms with Crippen LogP contribution >= 0.6 is 0 Å². The summed E-state index contributed by atoms with van der Waals surface area (Å²) in [5.74, 6) is 0. The molecule has 26 heavy (non-hydrogen) atoms. The van der Waals surface area contributed by atoms with Crippen molar-refractivity contribution in [3.63, 3.8) is 0 Å². The Bertz CT molecular complexity index is 875. The number of hydrogen-bond donors (Lipinski definition) is 0. The predicted octanol–water partition coefficient (Wildman–Crippen LogP) is 4.67. The molecule has 0 radical (unpaired) electrons. The first-order valence-corrected chi connectivity index (χ1v) is 8.26. The zero-order valence-corrected chi connectivity index (χ0v) is 14.2. The van der Waals surface area contributed by atoms with Gasteiger partial charge in [-0.15, -0.1) is 0 Å². The summed E-state index contributed by atoms with van der Waals surface area (Å²) < 4.78 is 5.18. The van der Waals surface area contributed by atoms with E-state index < -0.39 is 11.0 Å². The average molecular weight is 350 g/mol. The minimum absolute atomic E-state index is 0.0181. The summed E-state index contributed by atoms with van der Waals surface area (Å²) in [4.78, 5) is 24.5. The van der Waals surface area contributed by atoms with Crippen molar-refractivity contribution in [1.82, 2.24) is 0 Å². The Hall–Kier alpha value is -3.41. The molecule has 1 atom stereocenters. The molecule has 2 aromatic carbocycles. The number of non-ortho nitro benzene ring substituents is 1. The van der Waals surface area contributed by atoms with Crippen LogP contribution in [0.15, 0.2) is 60.7 Å². The van der Waals surface area contributed by atoms with Crippen LogP contribution in [0.4, 0.5) is 16.2 Å². The highest BCUT2D eigenvalue weighted by Crippen LogP contribution is 2.33. The molecule has 0 saturated heterocycles. The molecule has 0 spiro atoms. The van der Waals surface area contributed by atoms with E-state index >= 15 is 0 Å². The molecule has 0 bridgehead atoms. The monoisotopic (exact) mass is 350 g/mol. The maximum atomic E-state index is 12.5. The number of benzene rings is 2. The number of fused-ring (bicyclic) bond motifs is 1. The van der Waals surface area contributed by atoms with Crippen molar-refractivity contribution < 1.29 is 14.5 Å². The number of rotatable bonds is 4. The summed E-state index contributed by atoms with van der Waals surface area (Å²) in [6.07, 6.45) is 6.94. The Morgan fingerprint density at radius 1 is 1.27 bits per heavy atom. The highest BCUT2D eigenvalue weighted by Gasteiger charge is 2.28. The summed E-state index contributed by atoms with van der Waals surface area (Å²) in [6.45, 7) is 1.99. The highest BCUT2D eigenvalue weighted by molar-refractivity contribution is 5.94. The summed E-state index contributed by atoms with van der Waals surface area (Å²) in [6, 6.07) is 13.8. The number of carbonyl (C=O) groups excluding carboxylic acids is 1. The largest absolute Gasteiger partial charge is 0.449 e. The van der Waals surface area contributed by atoms with Gasteiger partial charge in [-0.05, 0) is 18.6 Å². The fraction of sp³-hybridized carbons (Fsp3) is 0.150. The van der Waals surface area contributed by atoms with E-state index in [4.69, 9.17) is 4.74 Å². The van der Waals surface area contributed by atoms with Gasteiger partial charge >= 0.3 is 6.09 Å². The van der Waals surface area contributed by atoms with Crippen LogP contribution in [0.3, 0.4) is 0 Å². The first kappa shape index (κ1) is 17.4. The second kappa shape index (κ2) is 7.65. The molecule has 0 aromatic heterocycles. The number of nitro benzene ring substituents is 1. The molecule has 3 rings (SSSR count). The van der Waals surface area contributed by atoms with Gasteiger partial charge in [-0.2, -0.15) is 0 Å². The number of hydrogen-bond acceptors (Lipinski definition) is 4. The van der Waals surface area contributed by atoms with E-state index in [2.05, 4.69) is 0 Å². The molecule has 0 unspecified atom stereocenters. The van der Waals surface area contributed by atoms with E-state index in [0.29, 0.717) is 11.3 Å². The van der Waals surface area contributed by atoms with Gasteiger partial charge in [0.1, 0.15) is 0 Å². The lowest BCUT2D eigenvalue weighted by molar-refractivity contribution is -0.384. The lowest BCUT2D eigenvalue weighted by atomic mass is 10.0. The lowest BCUT2D eigenvalue weighted by Gasteiger charge is -2.31.